The Morgan fingerprint density at radius 3 is 3.10 bits per heavy atom. The summed E-state index contributed by atoms with van der Waals surface area (Å²) < 4.78 is 11.6. The molecule has 1 aliphatic carbocycles. The Kier molecular flexibility index (Phi) is 3.99. The van der Waals surface area contributed by atoms with Crippen LogP contribution in [-0.2, 0) is 17.6 Å². The Balaban J connectivity index is 1.79. The van der Waals surface area contributed by atoms with Gasteiger partial charge >= 0.3 is 0 Å². The Morgan fingerprint density at radius 2 is 2.30 bits per heavy atom. The molecule has 3 heteroatoms. The fourth-order valence-electron chi connectivity index (χ4n) is 3.72. The third-order valence-electron chi connectivity index (χ3n) is 4.76. The summed E-state index contributed by atoms with van der Waals surface area (Å²) in [7, 11) is 1.73. The van der Waals surface area contributed by atoms with Crippen LogP contribution in [0.5, 0.6) is 5.75 Å². The summed E-state index contributed by atoms with van der Waals surface area (Å²) in [4.78, 5) is 0. The van der Waals surface area contributed by atoms with Crippen molar-refractivity contribution in [1.82, 2.24) is 5.32 Å². The average molecular weight is 275 g/mol. The van der Waals surface area contributed by atoms with E-state index in [1.165, 1.54) is 11.1 Å². The number of nitrogens with one attached hydrogen (secondary N) is 1. The molecule has 1 fully saturated rings. The van der Waals surface area contributed by atoms with Crippen LogP contribution in [0.2, 0.25) is 0 Å². The van der Waals surface area contributed by atoms with Gasteiger partial charge in [-0.2, -0.15) is 0 Å². The minimum atomic E-state index is 0.0461. The standard InChI is InChI=1S/C17H25NO2/c1-3-18-15-7-9-20-17(12-15)8-6-13-4-5-16(19-2)10-14(13)11-17/h4-5,10,15,18H,3,6-9,11-12H2,1-2H3. The highest BCUT2D eigenvalue weighted by molar-refractivity contribution is 5.38. The first-order chi connectivity index (χ1) is 9.74. The second kappa shape index (κ2) is 5.74. The fraction of sp³-hybridized carbons (Fsp3) is 0.647. The highest BCUT2D eigenvalue weighted by atomic mass is 16.5. The van der Waals surface area contributed by atoms with Gasteiger partial charge in [0.1, 0.15) is 5.75 Å². The van der Waals surface area contributed by atoms with Crippen LogP contribution in [0.15, 0.2) is 18.2 Å². The second-order valence-electron chi connectivity index (χ2n) is 6.09. The van der Waals surface area contributed by atoms with Crippen molar-refractivity contribution in [2.75, 3.05) is 20.3 Å². The lowest BCUT2D eigenvalue weighted by Crippen LogP contribution is -2.49. The first kappa shape index (κ1) is 13.9. The molecular formula is C17H25NO2. The summed E-state index contributed by atoms with van der Waals surface area (Å²) in [5, 5.41) is 3.60. The maximum absolute atomic E-state index is 6.23. The van der Waals surface area contributed by atoms with E-state index in [1.54, 1.807) is 7.11 Å². The molecule has 1 aliphatic heterocycles. The van der Waals surface area contributed by atoms with Gasteiger partial charge in [-0.1, -0.05) is 13.0 Å². The fourth-order valence-corrected chi connectivity index (χ4v) is 3.72. The van der Waals surface area contributed by atoms with Gasteiger partial charge < -0.3 is 14.8 Å². The topological polar surface area (TPSA) is 30.5 Å². The van der Waals surface area contributed by atoms with Crippen molar-refractivity contribution in [3.8, 4) is 5.75 Å². The minimum Gasteiger partial charge on any atom is -0.497 e. The van der Waals surface area contributed by atoms with Gasteiger partial charge in [-0.15, -0.1) is 0 Å². The van der Waals surface area contributed by atoms with Crippen LogP contribution in [0, 0.1) is 0 Å². The molecule has 2 atom stereocenters. The first-order valence-electron chi connectivity index (χ1n) is 7.78. The monoisotopic (exact) mass is 275 g/mol. The van der Waals surface area contributed by atoms with Crippen LogP contribution in [0.3, 0.4) is 0 Å². The van der Waals surface area contributed by atoms with Crippen LogP contribution >= 0.6 is 0 Å². The summed E-state index contributed by atoms with van der Waals surface area (Å²) in [6.07, 6.45) is 5.58. The number of fused-ring (bicyclic) bond motifs is 1. The maximum atomic E-state index is 6.23. The van der Waals surface area contributed by atoms with Crippen LogP contribution in [0.25, 0.3) is 0 Å². The lowest BCUT2D eigenvalue weighted by atomic mass is 9.75. The van der Waals surface area contributed by atoms with Crippen molar-refractivity contribution < 1.29 is 9.47 Å². The third kappa shape index (κ3) is 2.70. The lowest BCUT2D eigenvalue weighted by Gasteiger charge is -2.44. The maximum Gasteiger partial charge on any atom is 0.119 e. The zero-order valence-electron chi connectivity index (χ0n) is 12.6. The Bertz CT molecular complexity index is 472. The van der Waals surface area contributed by atoms with E-state index >= 15 is 0 Å². The largest absolute Gasteiger partial charge is 0.497 e. The summed E-state index contributed by atoms with van der Waals surface area (Å²) in [5.74, 6) is 0.958. The molecule has 1 N–H and O–H groups in total. The Morgan fingerprint density at radius 1 is 1.40 bits per heavy atom. The molecule has 1 heterocycles. The molecular weight excluding hydrogens is 250 g/mol. The molecule has 1 aromatic rings. The van der Waals surface area contributed by atoms with Gasteiger partial charge in [0.2, 0.25) is 0 Å². The van der Waals surface area contributed by atoms with E-state index in [2.05, 4.69) is 30.4 Å². The summed E-state index contributed by atoms with van der Waals surface area (Å²) >= 11 is 0. The number of methoxy groups -OCH3 is 1. The van der Waals surface area contributed by atoms with Gasteiger partial charge in [-0.3, -0.25) is 0 Å². The van der Waals surface area contributed by atoms with Gasteiger partial charge in [-0.25, -0.2) is 0 Å². The predicted octanol–water partition coefficient (Wildman–Crippen LogP) is 2.71. The average Bonchev–Trinajstić information content (AvgIpc) is 2.47. The molecule has 110 valence electrons. The SMILES string of the molecule is CCNC1CCOC2(CCc3ccc(OC)cc3C2)C1. The van der Waals surface area contributed by atoms with Crippen LogP contribution < -0.4 is 10.1 Å². The van der Waals surface area contributed by atoms with Gasteiger partial charge in [0, 0.05) is 19.1 Å². The van der Waals surface area contributed by atoms with E-state index in [0.29, 0.717) is 6.04 Å². The van der Waals surface area contributed by atoms with Gasteiger partial charge in [0.15, 0.2) is 0 Å². The number of aryl methyl sites for hydroxylation is 1. The molecule has 20 heavy (non-hydrogen) atoms. The number of hydrogen-bond acceptors (Lipinski definition) is 3. The van der Waals surface area contributed by atoms with Crippen molar-refractivity contribution in [3.63, 3.8) is 0 Å². The highest BCUT2D eigenvalue weighted by Gasteiger charge is 2.40. The molecule has 0 aromatic heterocycles. The van der Waals surface area contributed by atoms with E-state index in [0.717, 1.165) is 51.0 Å². The Hall–Kier alpha value is -1.06. The molecule has 2 unspecified atom stereocenters. The molecule has 1 saturated heterocycles. The second-order valence-corrected chi connectivity index (χ2v) is 6.09. The predicted molar refractivity (Wildman–Crippen MR) is 80.4 cm³/mol. The van der Waals surface area contributed by atoms with Gasteiger partial charge in [-0.05, 0) is 55.5 Å². The number of hydrogen-bond donors (Lipinski definition) is 1. The zero-order chi connectivity index (χ0) is 14.0. The summed E-state index contributed by atoms with van der Waals surface area (Å²) in [6.45, 7) is 4.12. The summed E-state index contributed by atoms with van der Waals surface area (Å²) in [6, 6.07) is 7.09. The molecule has 3 rings (SSSR count). The van der Waals surface area contributed by atoms with Crippen molar-refractivity contribution in [2.45, 2.75) is 50.7 Å². The summed E-state index contributed by atoms with van der Waals surface area (Å²) in [5.41, 5.74) is 2.92. The smallest absolute Gasteiger partial charge is 0.119 e. The van der Waals surface area contributed by atoms with E-state index in [1.807, 2.05) is 0 Å². The van der Waals surface area contributed by atoms with Crippen molar-refractivity contribution >= 4 is 0 Å². The van der Waals surface area contributed by atoms with Gasteiger partial charge in [0.05, 0.1) is 12.7 Å². The minimum absolute atomic E-state index is 0.0461. The zero-order valence-corrected chi connectivity index (χ0v) is 12.6. The molecule has 1 spiro atoms. The van der Waals surface area contributed by atoms with Crippen LogP contribution in [-0.4, -0.2) is 31.9 Å². The molecule has 3 nitrogen and oxygen atoms in total. The van der Waals surface area contributed by atoms with E-state index in [9.17, 15) is 0 Å². The number of ether oxygens (including phenoxy) is 2. The van der Waals surface area contributed by atoms with E-state index in [4.69, 9.17) is 9.47 Å². The van der Waals surface area contributed by atoms with Crippen molar-refractivity contribution in [3.05, 3.63) is 29.3 Å². The number of rotatable bonds is 3. The van der Waals surface area contributed by atoms with Crippen molar-refractivity contribution in [1.29, 1.82) is 0 Å². The lowest BCUT2D eigenvalue weighted by molar-refractivity contribution is -0.0960. The normalized spacial score (nSPS) is 29.2. The Labute approximate surface area is 121 Å². The van der Waals surface area contributed by atoms with Crippen molar-refractivity contribution in [2.24, 2.45) is 0 Å². The molecule has 0 amide bonds. The first-order valence-corrected chi connectivity index (χ1v) is 7.78. The highest BCUT2D eigenvalue weighted by Crippen LogP contribution is 2.39. The molecule has 0 bridgehead atoms. The quantitative estimate of drug-likeness (QED) is 0.920. The number of benzene rings is 1. The van der Waals surface area contributed by atoms with Crippen LogP contribution in [0.1, 0.15) is 37.3 Å². The third-order valence-corrected chi connectivity index (χ3v) is 4.76. The molecule has 2 aliphatic rings. The molecule has 1 aromatic carbocycles. The van der Waals surface area contributed by atoms with E-state index < -0.39 is 0 Å². The van der Waals surface area contributed by atoms with Gasteiger partial charge in [0.25, 0.3) is 0 Å². The molecule has 0 radical (unpaired) electrons. The van der Waals surface area contributed by atoms with Crippen LogP contribution in [0.4, 0.5) is 0 Å². The van der Waals surface area contributed by atoms with E-state index in [-0.39, 0.29) is 5.60 Å². The molecule has 0 saturated carbocycles.